The summed E-state index contributed by atoms with van der Waals surface area (Å²) < 4.78 is 15.4. The Balaban J connectivity index is 3.08. The first kappa shape index (κ1) is 15.6. The largest absolute Gasteiger partial charge is 0.493 e. The van der Waals surface area contributed by atoms with Crippen LogP contribution < -0.4 is 9.47 Å². The summed E-state index contributed by atoms with van der Waals surface area (Å²) in [4.78, 5) is 11.5. The van der Waals surface area contributed by atoms with E-state index >= 15 is 0 Å². The van der Waals surface area contributed by atoms with Crippen LogP contribution in [0.1, 0.15) is 19.4 Å². The van der Waals surface area contributed by atoms with Crippen molar-refractivity contribution in [3.8, 4) is 17.6 Å². The maximum Gasteiger partial charge on any atom is 0.348 e. The zero-order valence-electron chi connectivity index (χ0n) is 11.8. The highest BCUT2D eigenvalue weighted by atomic mass is 16.5. The summed E-state index contributed by atoms with van der Waals surface area (Å²) in [5.41, 5.74) is 0.605. The summed E-state index contributed by atoms with van der Waals surface area (Å²) in [7, 11) is 1.53. The summed E-state index contributed by atoms with van der Waals surface area (Å²) in [6.45, 7) is 4.32. The molecule has 0 saturated carbocycles. The lowest BCUT2D eigenvalue weighted by Gasteiger charge is -2.09. The molecule has 106 valence electrons. The molecule has 0 radical (unpaired) electrons. The van der Waals surface area contributed by atoms with Crippen LogP contribution in [-0.2, 0) is 9.53 Å². The first-order valence-electron chi connectivity index (χ1n) is 6.26. The van der Waals surface area contributed by atoms with Gasteiger partial charge in [-0.25, -0.2) is 4.79 Å². The number of nitriles is 1. The van der Waals surface area contributed by atoms with Gasteiger partial charge in [0.05, 0.1) is 20.3 Å². The standard InChI is InChI=1S/C15H17NO4/c1-4-19-13-7-6-11(9-14(13)18-3)8-12(10-16)15(17)20-5-2/h6-9H,4-5H2,1-3H3/b12-8+. The van der Waals surface area contributed by atoms with Crippen LogP contribution in [0.3, 0.4) is 0 Å². The van der Waals surface area contributed by atoms with Gasteiger partial charge in [0.15, 0.2) is 11.5 Å². The van der Waals surface area contributed by atoms with Crippen molar-refractivity contribution >= 4 is 12.0 Å². The molecule has 0 N–H and O–H groups in total. The number of rotatable bonds is 6. The molecule has 0 aliphatic heterocycles. The Kier molecular flexibility index (Phi) is 6.11. The summed E-state index contributed by atoms with van der Waals surface area (Å²) in [5, 5.41) is 8.97. The second-order valence-electron chi connectivity index (χ2n) is 3.73. The van der Waals surface area contributed by atoms with Gasteiger partial charge in [0.1, 0.15) is 11.6 Å². The van der Waals surface area contributed by atoms with Crippen LogP contribution in [0.5, 0.6) is 11.5 Å². The third-order valence-electron chi connectivity index (χ3n) is 2.41. The minimum absolute atomic E-state index is 0.0573. The van der Waals surface area contributed by atoms with Crippen molar-refractivity contribution in [2.45, 2.75) is 13.8 Å². The molecule has 0 amide bonds. The monoisotopic (exact) mass is 275 g/mol. The summed E-state index contributed by atoms with van der Waals surface area (Å²) in [6, 6.07) is 6.99. The molecule has 1 aromatic carbocycles. The van der Waals surface area contributed by atoms with Gasteiger partial charge in [-0.3, -0.25) is 0 Å². The Bertz CT molecular complexity index is 543. The van der Waals surface area contributed by atoms with E-state index in [2.05, 4.69) is 0 Å². The lowest BCUT2D eigenvalue weighted by Crippen LogP contribution is -2.06. The average Bonchev–Trinajstić information content (AvgIpc) is 2.46. The van der Waals surface area contributed by atoms with E-state index in [1.165, 1.54) is 13.2 Å². The van der Waals surface area contributed by atoms with Crippen molar-refractivity contribution in [1.29, 1.82) is 5.26 Å². The highest BCUT2D eigenvalue weighted by Gasteiger charge is 2.11. The SMILES string of the molecule is CCOC(=O)/C(C#N)=C/c1ccc(OCC)c(OC)c1. The zero-order chi connectivity index (χ0) is 15.0. The maximum absolute atomic E-state index is 11.5. The molecule has 0 spiro atoms. The van der Waals surface area contributed by atoms with Crippen LogP contribution in [0.25, 0.3) is 6.08 Å². The van der Waals surface area contributed by atoms with E-state index < -0.39 is 5.97 Å². The Morgan fingerprint density at radius 2 is 2.05 bits per heavy atom. The van der Waals surface area contributed by atoms with E-state index in [1.807, 2.05) is 13.0 Å². The summed E-state index contributed by atoms with van der Waals surface area (Å²) >= 11 is 0. The molecule has 0 bridgehead atoms. The van der Waals surface area contributed by atoms with Crippen molar-refractivity contribution in [3.63, 3.8) is 0 Å². The molecule has 5 heteroatoms. The smallest absolute Gasteiger partial charge is 0.348 e. The van der Waals surface area contributed by atoms with Crippen LogP contribution in [0, 0.1) is 11.3 Å². The number of hydrogen-bond donors (Lipinski definition) is 0. The highest BCUT2D eigenvalue weighted by Crippen LogP contribution is 2.28. The van der Waals surface area contributed by atoms with Crippen molar-refractivity contribution in [2.75, 3.05) is 20.3 Å². The van der Waals surface area contributed by atoms with Crippen LogP contribution in [-0.4, -0.2) is 26.3 Å². The zero-order valence-corrected chi connectivity index (χ0v) is 11.8. The van der Waals surface area contributed by atoms with Gasteiger partial charge < -0.3 is 14.2 Å². The predicted molar refractivity (Wildman–Crippen MR) is 74.4 cm³/mol. The molecule has 0 atom stereocenters. The number of hydrogen-bond acceptors (Lipinski definition) is 5. The molecule has 0 saturated heterocycles. The quantitative estimate of drug-likeness (QED) is 0.453. The van der Waals surface area contributed by atoms with Gasteiger partial charge >= 0.3 is 5.97 Å². The van der Waals surface area contributed by atoms with E-state index in [1.54, 1.807) is 25.1 Å². The first-order valence-corrected chi connectivity index (χ1v) is 6.26. The number of carbonyl (C=O) groups excluding carboxylic acids is 1. The molecule has 5 nitrogen and oxygen atoms in total. The average molecular weight is 275 g/mol. The molecule has 1 rings (SSSR count). The van der Waals surface area contributed by atoms with E-state index in [0.717, 1.165) is 0 Å². The summed E-state index contributed by atoms with van der Waals surface area (Å²) in [5.74, 6) is 0.520. The van der Waals surface area contributed by atoms with Gasteiger partial charge in [-0.05, 0) is 37.6 Å². The number of ether oxygens (including phenoxy) is 3. The van der Waals surface area contributed by atoms with Crippen molar-refractivity contribution in [1.82, 2.24) is 0 Å². The predicted octanol–water partition coefficient (Wildman–Crippen LogP) is 2.56. The van der Waals surface area contributed by atoms with Crippen molar-refractivity contribution < 1.29 is 19.0 Å². The van der Waals surface area contributed by atoms with Gasteiger partial charge in [-0.15, -0.1) is 0 Å². The Hall–Kier alpha value is -2.48. The topological polar surface area (TPSA) is 68.6 Å². The lowest BCUT2D eigenvalue weighted by molar-refractivity contribution is -0.137. The van der Waals surface area contributed by atoms with Gasteiger partial charge in [0, 0.05) is 0 Å². The number of carbonyl (C=O) groups is 1. The molecule has 0 fully saturated rings. The van der Waals surface area contributed by atoms with Crippen molar-refractivity contribution in [2.24, 2.45) is 0 Å². The highest BCUT2D eigenvalue weighted by molar-refractivity contribution is 5.97. The second-order valence-corrected chi connectivity index (χ2v) is 3.73. The fourth-order valence-electron chi connectivity index (χ4n) is 1.56. The minimum atomic E-state index is -0.636. The van der Waals surface area contributed by atoms with Crippen LogP contribution in [0.2, 0.25) is 0 Å². The van der Waals surface area contributed by atoms with E-state index in [-0.39, 0.29) is 12.2 Å². The lowest BCUT2D eigenvalue weighted by atomic mass is 10.1. The first-order chi connectivity index (χ1) is 9.65. The fourth-order valence-corrected chi connectivity index (χ4v) is 1.56. The number of esters is 1. The van der Waals surface area contributed by atoms with E-state index in [9.17, 15) is 4.79 Å². The number of methoxy groups -OCH3 is 1. The third-order valence-corrected chi connectivity index (χ3v) is 2.41. The Morgan fingerprint density at radius 1 is 1.30 bits per heavy atom. The van der Waals surface area contributed by atoms with Gasteiger partial charge in [-0.1, -0.05) is 6.07 Å². The normalized spacial score (nSPS) is 10.6. The molecule has 1 aromatic rings. The molecule has 0 unspecified atom stereocenters. The molecular weight excluding hydrogens is 258 g/mol. The van der Waals surface area contributed by atoms with E-state index in [4.69, 9.17) is 19.5 Å². The Morgan fingerprint density at radius 3 is 2.60 bits per heavy atom. The molecule has 0 aliphatic carbocycles. The summed E-state index contributed by atoms with van der Waals surface area (Å²) in [6.07, 6.45) is 1.45. The number of benzene rings is 1. The number of nitrogens with zero attached hydrogens (tertiary/aromatic N) is 1. The second kappa shape index (κ2) is 7.85. The van der Waals surface area contributed by atoms with Gasteiger partial charge in [0.2, 0.25) is 0 Å². The van der Waals surface area contributed by atoms with Gasteiger partial charge in [0.25, 0.3) is 0 Å². The van der Waals surface area contributed by atoms with E-state index in [0.29, 0.717) is 23.7 Å². The Labute approximate surface area is 118 Å². The molecular formula is C15H17NO4. The molecule has 0 aliphatic rings. The minimum Gasteiger partial charge on any atom is -0.493 e. The van der Waals surface area contributed by atoms with Crippen LogP contribution in [0.15, 0.2) is 23.8 Å². The molecule has 20 heavy (non-hydrogen) atoms. The maximum atomic E-state index is 11.5. The molecule has 0 heterocycles. The molecule has 0 aromatic heterocycles. The van der Waals surface area contributed by atoms with Crippen LogP contribution in [0.4, 0.5) is 0 Å². The van der Waals surface area contributed by atoms with Gasteiger partial charge in [-0.2, -0.15) is 5.26 Å². The van der Waals surface area contributed by atoms with Crippen LogP contribution >= 0.6 is 0 Å². The fraction of sp³-hybridized carbons (Fsp3) is 0.333. The third kappa shape index (κ3) is 4.02. The van der Waals surface area contributed by atoms with Crippen molar-refractivity contribution in [3.05, 3.63) is 29.3 Å².